The summed E-state index contributed by atoms with van der Waals surface area (Å²) in [6, 6.07) is 2.98. The fraction of sp³-hybridized carbons (Fsp3) is 0.200. The van der Waals surface area contributed by atoms with E-state index in [9.17, 15) is 18.0 Å². The van der Waals surface area contributed by atoms with E-state index in [1.807, 2.05) is 4.72 Å². The minimum absolute atomic E-state index is 0.121. The first-order valence-corrected chi connectivity index (χ1v) is 6.52. The number of carbonyl (C=O) groups excluding carboxylic acids is 1. The van der Waals surface area contributed by atoms with E-state index in [2.05, 4.69) is 0 Å². The minimum atomic E-state index is -4.10. The summed E-state index contributed by atoms with van der Waals surface area (Å²) in [7, 11) is -4.10. The zero-order valence-electron chi connectivity index (χ0n) is 9.61. The number of carbonyl (C=O) groups is 2. The lowest BCUT2D eigenvalue weighted by molar-refractivity contribution is -0.139. The molecule has 0 fully saturated rings. The maximum Gasteiger partial charge on any atom is 0.324 e. The Labute approximate surface area is 108 Å². The van der Waals surface area contributed by atoms with Gasteiger partial charge in [-0.05, 0) is 24.3 Å². The van der Waals surface area contributed by atoms with Gasteiger partial charge in [-0.3, -0.25) is 9.59 Å². The number of aliphatic hydroxyl groups excluding tert-OH is 1. The van der Waals surface area contributed by atoms with E-state index in [1.165, 1.54) is 12.1 Å². The fourth-order valence-electron chi connectivity index (χ4n) is 1.22. The van der Waals surface area contributed by atoms with E-state index in [0.29, 0.717) is 0 Å². The normalized spacial score (nSPS) is 12.9. The quantitative estimate of drug-likeness (QED) is 0.501. The Morgan fingerprint density at radius 2 is 1.79 bits per heavy atom. The molecule has 1 aromatic carbocycles. The van der Waals surface area contributed by atoms with Gasteiger partial charge in [-0.1, -0.05) is 0 Å². The fourth-order valence-corrected chi connectivity index (χ4v) is 2.40. The largest absolute Gasteiger partial charge is 0.480 e. The molecule has 1 amide bonds. The highest BCUT2D eigenvalue weighted by Gasteiger charge is 2.24. The summed E-state index contributed by atoms with van der Waals surface area (Å²) in [5.74, 6) is -2.21. The number of nitrogens with one attached hydrogen (secondary N) is 1. The molecule has 8 nitrogen and oxygen atoms in total. The highest BCUT2D eigenvalue weighted by atomic mass is 32.2. The Hall–Kier alpha value is -1.97. The van der Waals surface area contributed by atoms with Crippen molar-refractivity contribution in [3.63, 3.8) is 0 Å². The molecule has 0 aliphatic carbocycles. The van der Waals surface area contributed by atoms with Crippen molar-refractivity contribution in [2.45, 2.75) is 10.9 Å². The Balaban J connectivity index is 3.00. The standard InChI is InChI=1S/C10H12N2O6S/c11-9(14)6-1-3-7(4-2-6)19(17,18)12-8(5-13)10(15)16/h1-4,8,12-13H,5H2,(H2,11,14)(H,15,16)/t8-/m1/s1. The summed E-state index contributed by atoms with van der Waals surface area (Å²) < 4.78 is 25.4. The van der Waals surface area contributed by atoms with Crippen LogP contribution in [0.5, 0.6) is 0 Å². The smallest absolute Gasteiger partial charge is 0.324 e. The number of aliphatic hydroxyl groups is 1. The van der Waals surface area contributed by atoms with Crippen molar-refractivity contribution >= 4 is 21.9 Å². The number of carboxylic acids is 1. The van der Waals surface area contributed by atoms with Gasteiger partial charge in [0.15, 0.2) is 0 Å². The molecule has 0 radical (unpaired) electrons. The number of rotatable bonds is 6. The molecular weight excluding hydrogens is 276 g/mol. The Morgan fingerprint density at radius 3 is 2.16 bits per heavy atom. The average molecular weight is 288 g/mol. The van der Waals surface area contributed by atoms with Crippen molar-refractivity contribution in [2.24, 2.45) is 5.73 Å². The summed E-state index contributed by atoms with van der Waals surface area (Å²) in [6.45, 7) is -0.881. The number of sulfonamides is 1. The highest BCUT2D eigenvalue weighted by Crippen LogP contribution is 2.10. The average Bonchev–Trinajstić information content (AvgIpc) is 2.35. The van der Waals surface area contributed by atoms with Crippen molar-refractivity contribution in [1.29, 1.82) is 0 Å². The Kier molecular flexibility index (Phi) is 4.59. The maximum absolute atomic E-state index is 11.8. The van der Waals surface area contributed by atoms with Crippen LogP contribution >= 0.6 is 0 Å². The second-order valence-electron chi connectivity index (χ2n) is 3.58. The molecule has 0 aliphatic heterocycles. The van der Waals surface area contributed by atoms with Gasteiger partial charge in [0, 0.05) is 5.56 Å². The van der Waals surface area contributed by atoms with Gasteiger partial charge in [0.05, 0.1) is 11.5 Å². The lowest BCUT2D eigenvalue weighted by atomic mass is 10.2. The third kappa shape index (κ3) is 3.74. The molecule has 1 atom stereocenters. The molecular formula is C10H12N2O6S. The van der Waals surface area contributed by atoms with Crippen LogP contribution in [0, 0.1) is 0 Å². The van der Waals surface area contributed by atoms with Crippen LogP contribution in [0.25, 0.3) is 0 Å². The van der Waals surface area contributed by atoms with E-state index in [0.717, 1.165) is 12.1 Å². The molecule has 9 heteroatoms. The Morgan fingerprint density at radius 1 is 1.26 bits per heavy atom. The summed E-state index contributed by atoms with van der Waals surface area (Å²) >= 11 is 0. The molecule has 0 aromatic heterocycles. The van der Waals surface area contributed by atoms with Crippen molar-refractivity contribution < 1.29 is 28.2 Å². The van der Waals surface area contributed by atoms with E-state index >= 15 is 0 Å². The van der Waals surface area contributed by atoms with Gasteiger partial charge in [0.25, 0.3) is 0 Å². The van der Waals surface area contributed by atoms with Gasteiger partial charge >= 0.3 is 5.97 Å². The number of hydrogen-bond acceptors (Lipinski definition) is 5. The van der Waals surface area contributed by atoms with Crippen molar-refractivity contribution in [2.75, 3.05) is 6.61 Å². The monoisotopic (exact) mass is 288 g/mol. The Bertz CT molecular complexity index is 581. The van der Waals surface area contributed by atoms with Crippen LogP contribution in [0.4, 0.5) is 0 Å². The van der Waals surface area contributed by atoms with Crippen LogP contribution in [0.2, 0.25) is 0 Å². The second kappa shape index (κ2) is 5.78. The van der Waals surface area contributed by atoms with Crippen molar-refractivity contribution in [3.05, 3.63) is 29.8 Å². The SMILES string of the molecule is NC(=O)c1ccc(S(=O)(=O)N[C@H](CO)C(=O)O)cc1. The van der Waals surface area contributed by atoms with Crippen molar-refractivity contribution in [1.82, 2.24) is 4.72 Å². The predicted molar refractivity (Wildman–Crippen MR) is 63.8 cm³/mol. The number of nitrogens with two attached hydrogens (primary N) is 1. The van der Waals surface area contributed by atoms with Crippen LogP contribution in [-0.4, -0.2) is 43.2 Å². The van der Waals surface area contributed by atoms with Crippen LogP contribution in [0.15, 0.2) is 29.2 Å². The summed E-state index contributed by atoms with van der Waals surface area (Å²) in [5, 5.41) is 17.4. The van der Waals surface area contributed by atoms with Gasteiger partial charge in [-0.2, -0.15) is 4.72 Å². The van der Waals surface area contributed by atoms with Crippen LogP contribution in [0.3, 0.4) is 0 Å². The number of hydrogen-bond donors (Lipinski definition) is 4. The summed E-state index contributed by atoms with van der Waals surface area (Å²) in [4.78, 5) is 21.2. The molecule has 0 saturated carbocycles. The van der Waals surface area contributed by atoms with Crippen LogP contribution in [0.1, 0.15) is 10.4 Å². The van der Waals surface area contributed by atoms with Crippen LogP contribution in [-0.2, 0) is 14.8 Å². The van der Waals surface area contributed by atoms with Gasteiger partial charge in [0.1, 0.15) is 6.04 Å². The molecule has 1 rings (SSSR count). The molecule has 0 heterocycles. The van der Waals surface area contributed by atoms with Crippen molar-refractivity contribution in [3.8, 4) is 0 Å². The number of primary amides is 1. The van der Waals surface area contributed by atoms with Gasteiger partial charge in [-0.15, -0.1) is 0 Å². The maximum atomic E-state index is 11.8. The zero-order chi connectivity index (χ0) is 14.6. The first kappa shape index (κ1) is 15.1. The predicted octanol–water partition coefficient (Wildman–Crippen LogP) is -1.49. The number of aliphatic carboxylic acids is 1. The summed E-state index contributed by atoms with van der Waals surface area (Å²) in [5.41, 5.74) is 5.12. The molecule has 19 heavy (non-hydrogen) atoms. The first-order valence-electron chi connectivity index (χ1n) is 5.04. The van der Waals surface area contributed by atoms with Gasteiger partial charge in [0.2, 0.25) is 15.9 Å². The highest BCUT2D eigenvalue weighted by molar-refractivity contribution is 7.89. The first-order chi connectivity index (χ1) is 8.77. The molecule has 1 aromatic rings. The topological polar surface area (TPSA) is 147 Å². The van der Waals surface area contributed by atoms with Crippen LogP contribution < -0.4 is 10.5 Å². The number of amides is 1. The molecule has 0 bridgehead atoms. The van der Waals surface area contributed by atoms with E-state index in [-0.39, 0.29) is 10.5 Å². The lowest BCUT2D eigenvalue weighted by Crippen LogP contribution is -2.43. The van der Waals surface area contributed by atoms with E-state index in [4.69, 9.17) is 15.9 Å². The molecule has 0 unspecified atom stereocenters. The summed E-state index contributed by atoms with van der Waals surface area (Å²) in [6.07, 6.45) is 0. The van der Waals surface area contributed by atoms with E-state index in [1.54, 1.807) is 0 Å². The molecule has 5 N–H and O–H groups in total. The van der Waals surface area contributed by atoms with Gasteiger partial charge < -0.3 is 15.9 Å². The molecule has 104 valence electrons. The lowest BCUT2D eigenvalue weighted by Gasteiger charge is -2.12. The third-order valence-electron chi connectivity index (χ3n) is 2.23. The third-order valence-corrected chi connectivity index (χ3v) is 3.71. The molecule has 0 spiro atoms. The number of benzene rings is 1. The molecule has 0 saturated heterocycles. The molecule has 0 aliphatic rings. The van der Waals surface area contributed by atoms with E-state index < -0.39 is 34.5 Å². The van der Waals surface area contributed by atoms with Gasteiger partial charge in [-0.25, -0.2) is 8.42 Å². The number of carboxylic acid groups (broad SMARTS) is 1. The second-order valence-corrected chi connectivity index (χ2v) is 5.30. The zero-order valence-corrected chi connectivity index (χ0v) is 10.4. The minimum Gasteiger partial charge on any atom is -0.480 e.